The van der Waals surface area contributed by atoms with Gasteiger partial charge in [0.15, 0.2) is 0 Å². The number of hydrogen-bond donors (Lipinski definition) is 1. The molecule has 0 spiro atoms. The zero-order chi connectivity index (χ0) is 19.4. The van der Waals surface area contributed by atoms with Crippen molar-refractivity contribution in [2.24, 2.45) is 0 Å². The van der Waals surface area contributed by atoms with Gasteiger partial charge in [-0.1, -0.05) is 15.9 Å². The molecule has 0 saturated carbocycles. The fraction of sp³-hybridized carbons (Fsp3) is 0.333. The van der Waals surface area contributed by atoms with Crippen LogP contribution < -0.4 is 10.1 Å². The van der Waals surface area contributed by atoms with Crippen molar-refractivity contribution in [3.8, 4) is 5.75 Å². The predicted octanol–water partition coefficient (Wildman–Crippen LogP) is 4.32. The molecule has 1 N–H and O–H groups in total. The molecule has 1 aliphatic heterocycles. The molecule has 1 fully saturated rings. The monoisotopic (exact) mass is 460 g/mol. The number of nitrogens with zero attached hydrogens (tertiary/aromatic N) is 1. The van der Waals surface area contributed by atoms with E-state index < -0.39 is 16.6 Å². The van der Waals surface area contributed by atoms with Gasteiger partial charge in [0.2, 0.25) is 10.0 Å². The summed E-state index contributed by atoms with van der Waals surface area (Å²) in [6, 6.07) is 13.0. The van der Waals surface area contributed by atoms with E-state index in [1.54, 1.807) is 36.4 Å². The minimum absolute atomic E-state index is 0.103. The van der Waals surface area contributed by atoms with E-state index in [0.29, 0.717) is 25.9 Å². The number of ether oxygens (including phenoxy) is 1. The van der Waals surface area contributed by atoms with Crippen LogP contribution in [0.25, 0.3) is 0 Å². The molecule has 0 unspecified atom stereocenters. The van der Waals surface area contributed by atoms with Gasteiger partial charge < -0.3 is 10.1 Å². The molecular formula is C18H19BrF2N2O3S. The first-order valence-corrected chi connectivity index (χ1v) is 10.6. The molecule has 0 bridgehead atoms. The standard InChI is InChI=1S/C18H19BrF2N2O3S/c19-13-1-7-17(8-2-13)27(24,25)23-11-9-15(10-12-23)22-14-3-5-16(6-4-14)26-18(20)21/h1-8,15,18,22H,9-12H2. The molecule has 0 radical (unpaired) electrons. The van der Waals surface area contributed by atoms with Crippen molar-refractivity contribution in [1.82, 2.24) is 4.31 Å². The Morgan fingerprint density at radius 1 is 1.04 bits per heavy atom. The Hall–Kier alpha value is -1.71. The number of hydrogen-bond acceptors (Lipinski definition) is 4. The van der Waals surface area contributed by atoms with E-state index in [1.807, 2.05) is 0 Å². The van der Waals surface area contributed by atoms with E-state index in [1.165, 1.54) is 16.4 Å². The fourth-order valence-corrected chi connectivity index (χ4v) is 4.70. The van der Waals surface area contributed by atoms with Gasteiger partial charge in [-0.3, -0.25) is 0 Å². The zero-order valence-corrected chi connectivity index (χ0v) is 16.7. The molecule has 0 aromatic heterocycles. The molecule has 3 rings (SSSR count). The summed E-state index contributed by atoms with van der Waals surface area (Å²) in [6.07, 6.45) is 1.32. The molecule has 0 aliphatic carbocycles. The Morgan fingerprint density at radius 2 is 1.63 bits per heavy atom. The molecule has 2 aromatic rings. The lowest BCUT2D eigenvalue weighted by molar-refractivity contribution is -0.0498. The highest BCUT2D eigenvalue weighted by molar-refractivity contribution is 9.10. The van der Waals surface area contributed by atoms with Gasteiger partial charge in [-0.2, -0.15) is 13.1 Å². The zero-order valence-electron chi connectivity index (χ0n) is 14.3. The van der Waals surface area contributed by atoms with E-state index in [0.717, 1.165) is 10.2 Å². The van der Waals surface area contributed by atoms with Gasteiger partial charge in [-0.05, 0) is 61.4 Å². The van der Waals surface area contributed by atoms with Crippen LogP contribution in [0.15, 0.2) is 57.9 Å². The maximum absolute atomic E-state index is 12.7. The van der Waals surface area contributed by atoms with E-state index in [9.17, 15) is 17.2 Å². The quantitative estimate of drug-likeness (QED) is 0.697. The SMILES string of the molecule is O=S(=O)(c1ccc(Br)cc1)N1CCC(Nc2ccc(OC(F)F)cc2)CC1. The normalized spacial score (nSPS) is 16.4. The highest BCUT2D eigenvalue weighted by Gasteiger charge is 2.29. The third-order valence-electron chi connectivity index (χ3n) is 4.36. The second kappa shape index (κ2) is 8.53. The lowest BCUT2D eigenvalue weighted by Gasteiger charge is -2.32. The number of rotatable bonds is 6. The summed E-state index contributed by atoms with van der Waals surface area (Å²) in [6.45, 7) is -2.01. The Kier molecular flexibility index (Phi) is 6.33. The van der Waals surface area contributed by atoms with E-state index in [-0.39, 0.29) is 16.7 Å². The first-order chi connectivity index (χ1) is 12.8. The van der Waals surface area contributed by atoms with Crippen molar-refractivity contribution in [3.05, 3.63) is 53.0 Å². The number of piperidine rings is 1. The lowest BCUT2D eigenvalue weighted by Crippen LogP contribution is -2.42. The average Bonchev–Trinajstić information content (AvgIpc) is 2.64. The smallest absolute Gasteiger partial charge is 0.387 e. The van der Waals surface area contributed by atoms with E-state index >= 15 is 0 Å². The van der Waals surface area contributed by atoms with Gasteiger partial charge in [0.1, 0.15) is 5.75 Å². The summed E-state index contributed by atoms with van der Waals surface area (Å²) in [5.74, 6) is 0.103. The van der Waals surface area contributed by atoms with Gasteiger partial charge in [0, 0.05) is 29.3 Å². The predicted molar refractivity (Wildman–Crippen MR) is 103 cm³/mol. The molecule has 1 heterocycles. The van der Waals surface area contributed by atoms with Crippen molar-refractivity contribution in [1.29, 1.82) is 0 Å². The largest absolute Gasteiger partial charge is 0.435 e. The summed E-state index contributed by atoms with van der Waals surface area (Å²) in [5, 5.41) is 3.31. The van der Waals surface area contributed by atoms with Crippen molar-refractivity contribution in [3.63, 3.8) is 0 Å². The second-order valence-electron chi connectivity index (χ2n) is 6.18. The van der Waals surface area contributed by atoms with Crippen LogP contribution in [0, 0.1) is 0 Å². The van der Waals surface area contributed by atoms with Crippen LogP contribution in [0.1, 0.15) is 12.8 Å². The number of sulfonamides is 1. The van der Waals surface area contributed by atoms with Gasteiger partial charge in [0.05, 0.1) is 4.90 Å². The number of anilines is 1. The number of nitrogens with one attached hydrogen (secondary N) is 1. The average molecular weight is 461 g/mol. The molecular weight excluding hydrogens is 442 g/mol. The van der Waals surface area contributed by atoms with Crippen LogP contribution in [-0.4, -0.2) is 38.5 Å². The van der Waals surface area contributed by atoms with E-state index in [4.69, 9.17) is 0 Å². The first kappa shape index (κ1) is 20.0. The highest BCUT2D eigenvalue weighted by atomic mass is 79.9. The summed E-state index contributed by atoms with van der Waals surface area (Å²) >= 11 is 3.30. The van der Waals surface area contributed by atoms with Crippen LogP contribution in [0.3, 0.4) is 0 Å². The molecule has 0 atom stereocenters. The third-order valence-corrected chi connectivity index (χ3v) is 6.80. The Labute approximate surface area is 165 Å². The molecule has 9 heteroatoms. The Bertz CT molecular complexity index is 853. The molecule has 0 amide bonds. The van der Waals surface area contributed by atoms with Crippen molar-refractivity contribution >= 4 is 31.6 Å². The summed E-state index contributed by atoms with van der Waals surface area (Å²) in [4.78, 5) is 0.284. The minimum atomic E-state index is -3.50. The lowest BCUT2D eigenvalue weighted by atomic mass is 10.1. The summed E-state index contributed by atoms with van der Waals surface area (Å²) in [5.41, 5.74) is 0.783. The first-order valence-electron chi connectivity index (χ1n) is 8.42. The minimum Gasteiger partial charge on any atom is -0.435 e. The van der Waals surface area contributed by atoms with Crippen LogP contribution in [0.4, 0.5) is 14.5 Å². The van der Waals surface area contributed by atoms with E-state index in [2.05, 4.69) is 26.0 Å². The number of halogens is 3. The van der Waals surface area contributed by atoms with Gasteiger partial charge >= 0.3 is 6.61 Å². The number of benzene rings is 2. The highest BCUT2D eigenvalue weighted by Crippen LogP contribution is 2.25. The molecule has 5 nitrogen and oxygen atoms in total. The van der Waals surface area contributed by atoms with Crippen molar-refractivity contribution in [2.45, 2.75) is 30.4 Å². The van der Waals surface area contributed by atoms with Crippen molar-refractivity contribution in [2.75, 3.05) is 18.4 Å². The molecule has 27 heavy (non-hydrogen) atoms. The topological polar surface area (TPSA) is 58.6 Å². The van der Waals surface area contributed by atoms with Crippen LogP contribution in [-0.2, 0) is 10.0 Å². The second-order valence-corrected chi connectivity index (χ2v) is 9.03. The third kappa shape index (κ3) is 5.18. The van der Waals surface area contributed by atoms with Gasteiger partial charge in [0.25, 0.3) is 0 Å². The maximum Gasteiger partial charge on any atom is 0.387 e. The Morgan fingerprint density at radius 3 is 2.19 bits per heavy atom. The summed E-state index contributed by atoms with van der Waals surface area (Å²) < 4.78 is 56.4. The molecule has 146 valence electrons. The molecule has 1 saturated heterocycles. The Balaban J connectivity index is 1.56. The number of alkyl halides is 2. The van der Waals surface area contributed by atoms with Gasteiger partial charge in [-0.25, -0.2) is 8.42 Å². The summed E-state index contributed by atoms with van der Waals surface area (Å²) in [7, 11) is -3.50. The van der Waals surface area contributed by atoms with Crippen LogP contribution in [0.5, 0.6) is 5.75 Å². The van der Waals surface area contributed by atoms with Crippen LogP contribution >= 0.6 is 15.9 Å². The van der Waals surface area contributed by atoms with Crippen LogP contribution in [0.2, 0.25) is 0 Å². The maximum atomic E-state index is 12.7. The molecule has 1 aliphatic rings. The van der Waals surface area contributed by atoms with Crippen molar-refractivity contribution < 1.29 is 21.9 Å². The fourth-order valence-electron chi connectivity index (χ4n) is 2.96. The molecule has 2 aromatic carbocycles. The van der Waals surface area contributed by atoms with Gasteiger partial charge in [-0.15, -0.1) is 0 Å².